The summed E-state index contributed by atoms with van der Waals surface area (Å²) < 4.78 is 27.9. The van der Waals surface area contributed by atoms with Crippen LogP contribution in [0, 0.1) is 0 Å². The maximum absolute atomic E-state index is 11.8. The minimum atomic E-state index is -3.44. The van der Waals surface area contributed by atoms with E-state index in [1.807, 2.05) is 0 Å². The Morgan fingerprint density at radius 1 is 1.30 bits per heavy atom. The van der Waals surface area contributed by atoms with Crippen molar-refractivity contribution in [3.05, 3.63) is 29.8 Å². The first-order valence-corrected chi connectivity index (χ1v) is 7.49. The van der Waals surface area contributed by atoms with Crippen LogP contribution in [0.4, 0.5) is 5.69 Å². The van der Waals surface area contributed by atoms with Crippen molar-refractivity contribution in [2.75, 3.05) is 32.3 Å². The number of rotatable bonds is 5. The quantitative estimate of drug-likeness (QED) is 0.790. The van der Waals surface area contributed by atoms with Gasteiger partial charge in [-0.05, 0) is 12.1 Å². The lowest BCUT2D eigenvalue weighted by Gasteiger charge is -2.14. The van der Waals surface area contributed by atoms with E-state index in [2.05, 4.69) is 10.1 Å². The third-order valence-corrected chi connectivity index (χ3v) is 3.80. The summed E-state index contributed by atoms with van der Waals surface area (Å²) in [5.74, 6) is -1.13. The molecule has 0 aliphatic heterocycles. The van der Waals surface area contributed by atoms with Crippen LogP contribution in [0.1, 0.15) is 10.4 Å². The topological polar surface area (TPSA) is 92.8 Å². The van der Waals surface area contributed by atoms with Gasteiger partial charge in [-0.1, -0.05) is 12.1 Å². The second kappa shape index (κ2) is 6.49. The maximum Gasteiger partial charge on any atom is 0.339 e. The van der Waals surface area contributed by atoms with Crippen LogP contribution in [0.3, 0.4) is 0 Å². The van der Waals surface area contributed by atoms with Crippen LogP contribution in [0.15, 0.2) is 24.3 Å². The Morgan fingerprint density at radius 2 is 1.90 bits per heavy atom. The van der Waals surface area contributed by atoms with Crippen molar-refractivity contribution >= 4 is 27.6 Å². The van der Waals surface area contributed by atoms with E-state index in [9.17, 15) is 18.0 Å². The fourth-order valence-corrected chi connectivity index (χ4v) is 1.74. The summed E-state index contributed by atoms with van der Waals surface area (Å²) in [4.78, 5) is 23.3. The second-order valence-corrected chi connectivity index (χ2v) is 6.19. The van der Waals surface area contributed by atoms with E-state index in [0.29, 0.717) is 0 Å². The normalized spacial score (nSPS) is 11.2. The van der Waals surface area contributed by atoms with Crippen LogP contribution in [0.25, 0.3) is 0 Å². The molecule has 1 aromatic carbocycles. The first-order chi connectivity index (χ1) is 9.25. The van der Waals surface area contributed by atoms with Crippen molar-refractivity contribution in [2.45, 2.75) is 0 Å². The number of ether oxygens (including phenoxy) is 1. The minimum Gasteiger partial charge on any atom is -0.465 e. The Morgan fingerprint density at radius 3 is 2.45 bits per heavy atom. The van der Waals surface area contributed by atoms with Crippen LogP contribution in [-0.2, 0) is 19.6 Å². The molecular formula is C12H16N2O5S. The van der Waals surface area contributed by atoms with E-state index in [4.69, 9.17) is 0 Å². The van der Waals surface area contributed by atoms with Crippen molar-refractivity contribution in [2.24, 2.45) is 0 Å². The van der Waals surface area contributed by atoms with E-state index < -0.39 is 21.9 Å². The lowest BCUT2D eigenvalue weighted by Crippen LogP contribution is -2.34. The molecule has 0 saturated carbocycles. The number of para-hydroxylation sites is 1. The zero-order valence-corrected chi connectivity index (χ0v) is 12.2. The van der Waals surface area contributed by atoms with Crippen LogP contribution < -0.4 is 5.32 Å². The van der Waals surface area contributed by atoms with Crippen molar-refractivity contribution < 1.29 is 22.7 Å². The number of hydrogen-bond donors (Lipinski definition) is 1. The molecule has 0 bridgehead atoms. The lowest BCUT2D eigenvalue weighted by atomic mass is 10.2. The summed E-state index contributed by atoms with van der Waals surface area (Å²) >= 11 is 0. The monoisotopic (exact) mass is 300 g/mol. The smallest absolute Gasteiger partial charge is 0.339 e. The summed E-state index contributed by atoms with van der Waals surface area (Å²) in [6.07, 6.45) is 1.00. The Kier molecular flexibility index (Phi) is 5.23. The Balaban J connectivity index is 2.84. The van der Waals surface area contributed by atoms with Gasteiger partial charge in [0, 0.05) is 7.05 Å². The molecule has 0 fully saturated rings. The third-order valence-electron chi connectivity index (χ3n) is 2.54. The van der Waals surface area contributed by atoms with E-state index in [0.717, 1.165) is 10.6 Å². The Labute approximate surface area is 117 Å². The molecule has 1 N–H and O–H groups in total. The third kappa shape index (κ3) is 4.32. The van der Waals surface area contributed by atoms with Crippen molar-refractivity contribution in [1.82, 2.24) is 4.31 Å². The lowest BCUT2D eigenvalue weighted by molar-refractivity contribution is -0.116. The predicted octanol–water partition coefficient (Wildman–Crippen LogP) is 0.303. The highest BCUT2D eigenvalue weighted by atomic mass is 32.2. The number of esters is 1. The molecule has 0 atom stereocenters. The standard InChI is InChI=1S/C12H16N2O5S/c1-14(20(3,17)18)8-11(15)13-10-7-5-4-6-9(10)12(16)19-2/h4-7H,8H2,1-3H3,(H,13,15). The highest BCUT2D eigenvalue weighted by molar-refractivity contribution is 7.88. The van der Waals surface area contributed by atoms with Crippen molar-refractivity contribution in [1.29, 1.82) is 0 Å². The van der Waals surface area contributed by atoms with Gasteiger partial charge in [-0.25, -0.2) is 13.2 Å². The Hall–Kier alpha value is -1.93. The maximum atomic E-state index is 11.8. The number of sulfonamides is 1. The highest BCUT2D eigenvalue weighted by Crippen LogP contribution is 2.15. The first kappa shape index (κ1) is 16.1. The summed E-state index contributed by atoms with van der Waals surface area (Å²) in [5.41, 5.74) is 0.469. The number of anilines is 1. The molecule has 0 spiro atoms. The predicted molar refractivity (Wildman–Crippen MR) is 73.9 cm³/mol. The molecule has 20 heavy (non-hydrogen) atoms. The van der Waals surface area contributed by atoms with Gasteiger partial charge < -0.3 is 10.1 Å². The van der Waals surface area contributed by atoms with E-state index in [1.54, 1.807) is 12.1 Å². The molecule has 0 saturated heterocycles. The van der Waals surface area contributed by atoms with Crippen molar-refractivity contribution in [3.63, 3.8) is 0 Å². The fourth-order valence-electron chi connectivity index (χ4n) is 1.39. The Bertz CT molecular complexity index is 612. The molecule has 0 heterocycles. The van der Waals surface area contributed by atoms with Crippen LogP contribution >= 0.6 is 0 Å². The van der Waals surface area contributed by atoms with E-state index >= 15 is 0 Å². The molecule has 1 aromatic rings. The van der Waals surface area contributed by atoms with Gasteiger partial charge in [-0.2, -0.15) is 4.31 Å². The SMILES string of the molecule is COC(=O)c1ccccc1NC(=O)CN(C)S(C)(=O)=O. The van der Waals surface area contributed by atoms with Gasteiger partial charge in [0.1, 0.15) is 0 Å². The van der Waals surface area contributed by atoms with Crippen LogP contribution in [0.2, 0.25) is 0 Å². The molecule has 1 rings (SSSR count). The number of nitrogens with zero attached hydrogens (tertiary/aromatic N) is 1. The zero-order valence-electron chi connectivity index (χ0n) is 11.4. The first-order valence-electron chi connectivity index (χ1n) is 5.64. The number of likely N-dealkylation sites (N-methyl/N-ethyl adjacent to an activating group) is 1. The van der Waals surface area contributed by atoms with E-state index in [-0.39, 0.29) is 17.8 Å². The largest absolute Gasteiger partial charge is 0.465 e. The summed E-state index contributed by atoms with van der Waals surface area (Å²) in [6.45, 7) is -0.339. The minimum absolute atomic E-state index is 0.199. The second-order valence-electron chi connectivity index (χ2n) is 4.10. The molecule has 0 radical (unpaired) electrons. The molecule has 0 unspecified atom stereocenters. The molecular weight excluding hydrogens is 284 g/mol. The molecule has 1 amide bonds. The number of hydrogen-bond acceptors (Lipinski definition) is 5. The summed E-state index contributed by atoms with van der Waals surface area (Å²) in [6, 6.07) is 6.30. The molecule has 0 aliphatic rings. The molecule has 110 valence electrons. The van der Waals surface area contributed by atoms with Gasteiger partial charge >= 0.3 is 5.97 Å². The van der Waals surface area contributed by atoms with Gasteiger partial charge in [0.05, 0.1) is 31.2 Å². The number of benzene rings is 1. The average molecular weight is 300 g/mol. The summed E-state index contributed by atoms with van der Waals surface area (Å²) in [7, 11) is -0.913. The highest BCUT2D eigenvalue weighted by Gasteiger charge is 2.17. The molecule has 7 nitrogen and oxygen atoms in total. The molecule has 0 aliphatic carbocycles. The van der Waals surface area contributed by atoms with Gasteiger partial charge in [0.25, 0.3) is 0 Å². The number of methoxy groups -OCH3 is 1. The number of carbonyl (C=O) groups is 2. The van der Waals surface area contributed by atoms with Gasteiger partial charge in [-0.3, -0.25) is 4.79 Å². The number of nitrogens with one attached hydrogen (secondary N) is 1. The number of carbonyl (C=O) groups excluding carboxylic acids is 2. The molecule has 8 heteroatoms. The van der Waals surface area contributed by atoms with Gasteiger partial charge in [0.2, 0.25) is 15.9 Å². The number of amides is 1. The molecule has 0 aromatic heterocycles. The van der Waals surface area contributed by atoms with Crippen LogP contribution in [0.5, 0.6) is 0 Å². The van der Waals surface area contributed by atoms with Gasteiger partial charge in [0.15, 0.2) is 0 Å². The van der Waals surface area contributed by atoms with Gasteiger partial charge in [-0.15, -0.1) is 0 Å². The average Bonchev–Trinajstić information content (AvgIpc) is 2.37. The van der Waals surface area contributed by atoms with Crippen molar-refractivity contribution in [3.8, 4) is 0 Å². The van der Waals surface area contributed by atoms with Crippen LogP contribution in [-0.4, -0.2) is 51.6 Å². The zero-order chi connectivity index (χ0) is 15.3. The van der Waals surface area contributed by atoms with E-state index in [1.165, 1.54) is 26.3 Å². The fraction of sp³-hybridized carbons (Fsp3) is 0.333. The summed E-state index contributed by atoms with van der Waals surface area (Å²) in [5, 5.41) is 2.48.